The van der Waals surface area contributed by atoms with Gasteiger partial charge in [0.15, 0.2) is 11.6 Å². The van der Waals surface area contributed by atoms with Gasteiger partial charge in [-0.1, -0.05) is 103 Å². The van der Waals surface area contributed by atoms with Crippen molar-refractivity contribution in [3.05, 3.63) is 131 Å². The van der Waals surface area contributed by atoms with Crippen molar-refractivity contribution in [1.29, 1.82) is 0 Å². The number of hydrogen-bond acceptors (Lipinski definition) is 6. The van der Waals surface area contributed by atoms with Crippen molar-refractivity contribution in [2.24, 2.45) is 23.7 Å². The standard InChI is InChI=1S/C43H41NO7/c1-2-13-27-16-12-19-31(39(27)48)38-29-21-22-30-37(42(51)44(41(30)50)23-11-5-10-20-36(46)47)33(29)24-34-40(49)32(26-14-6-3-7-15-26)25-35(45)43(34,38)28-17-8-4-9-18-28/h2-4,6-9,12,14-19,21,25,30,33-34,37-38,48H,1,5,10-11,13,20,22-24H2,(H,46,47). The van der Waals surface area contributed by atoms with E-state index in [0.29, 0.717) is 59.9 Å². The van der Waals surface area contributed by atoms with Gasteiger partial charge < -0.3 is 10.2 Å². The lowest BCUT2D eigenvalue weighted by Gasteiger charge is -2.55. The summed E-state index contributed by atoms with van der Waals surface area (Å²) in [6.07, 6.45) is 7.59. The minimum atomic E-state index is -1.43. The number of ketones is 2. The molecule has 260 valence electrons. The molecule has 1 heterocycles. The quantitative estimate of drug-likeness (QED) is 0.133. The Hall–Kier alpha value is -5.37. The summed E-state index contributed by atoms with van der Waals surface area (Å²) >= 11 is 0. The Morgan fingerprint density at radius 2 is 1.61 bits per heavy atom. The number of unbranched alkanes of at least 4 members (excludes halogenated alkanes) is 2. The fourth-order valence-electron chi connectivity index (χ4n) is 9.39. The molecule has 3 aromatic rings. The van der Waals surface area contributed by atoms with Crippen LogP contribution in [-0.4, -0.2) is 51.0 Å². The van der Waals surface area contributed by atoms with Crippen LogP contribution in [0.3, 0.4) is 0 Å². The molecule has 2 amide bonds. The number of Topliss-reactive ketones (excluding diaryl/α,β-unsaturated/α-hetero) is 1. The molecule has 1 saturated carbocycles. The Bertz CT molecular complexity index is 1980. The summed E-state index contributed by atoms with van der Waals surface area (Å²) in [7, 11) is 0. The van der Waals surface area contributed by atoms with E-state index in [1.807, 2.05) is 84.9 Å². The average Bonchev–Trinajstić information content (AvgIpc) is 3.38. The average molecular weight is 684 g/mol. The van der Waals surface area contributed by atoms with Gasteiger partial charge in [0, 0.05) is 35.9 Å². The predicted octanol–water partition coefficient (Wildman–Crippen LogP) is 6.59. The molecule has 0 spiro atoms. The van der Waals surface area contributed by atoms with E-state index in [1.165, 1.54) is 11.0 Å². The number of rotatable bonds is 11. The molecule has 0 bridgehead atoms. The number of carbonyl (C=O) groups excluding carboxylic acids is 4. The van der Waals surface area contributed by atoms with E-state index in [2.05, 4.69) is 6.58 Å². The number of amides is 2. The molecule has 6 atom stereocenters. The van der Waals surface area contributed by atoms with Gasteiger partial charge in [-0.2, -0.15) is 0 Å². The molecule has 0 aromatic heterocycles. The summed E-state index contributed by atoms with van der Waals surface area (Å²) in [6, 6.07) is 23.9. The van der Waals surface area contributed by atoms with Crippen LogP contribution in [0.2, 0.25) is 0 Å². The first-order valence-electron chi connectivity index (χ1n) is 17.8. The first kappa shape index (κ1) is 34.1. The summed E-state index contributed by atoms with van der Waals surface area (Å²) in [5, 5.41) is 21.0. The second-order valence-corrected chi connectivity index (χ2v) is 14.2. The number of carboxylic acid groups (broad SMARTS) is 1. The highest BCUT2D eigenvalue weighted by molar-refractivity contribution is 6.31. The van der Waals surface area contributed by atoms with Gasteiger partial charge in [0.2, 0.25) is 11.8 Å². The number of allylic oxidation sites excluding steroid dienone is 5. The van der Waals surface area contributed by atoms with E-state index in [-0.39, 0.29) is 48.5 Å². The van der Waals surface area contributed by atoms with Crippen LogP contribution < -0.4 is 0 Å². The number of aromatic hydroxyl groups is 1. The van der Waals surface area contributed by atoms with Gasteiger partial charge >= 0.3 is 5.97 Å². The molecule has 3 aromatic carbocycles. The third kappa shape index (κ3) is 5.57. The normalized spacial score (nSPS) is 26.9. The number of para-hydroxylation sites is 1. The first-order chi connectivity index (χ1) is 24.7. The fourth-order valence-corrected chi connectivity index (χ4v) is 9.39. The lowest BCUT2D eigenvalue weighted by Crippen LogP contribution is -2.58. The Morgan fingerprint density at radius 1 is 0.882 bits per heavy atom. The zero-order valence-corrected chi connectivity index (χ0v) is 28.4. The molecule has 8 nitrogen and oxygen atoms in total. The Kier molecular flexibility index (Phi) is 9.19. The molecule has 8 heteroatoms. The molecule has 2 N–H and O–H groups in total. The van der Waals surface area contributed by atoms with E-state index in [0.717, 1.165) is 5.57 Å². The number of fused-ring (bicyclic) bond motifs is 4. The third-order valence-electron chi connectivity index (χ3n) is 11.6. The Labute approximate surface area is 297 Å². The van der Waals surface area contributed by atoms with E-state index in [1.54, 1.807) is 6.08 Å². The zero-order chi connectivity index (χ0) is 35.9. The lowest BCUT2D eigenvalue weighted by atomic mass is 9.44. The molecule has 0 radical (unpaired) electrons. The van der Waals surface area contributed by atoms with E-state index >= 15 is 9.59 Å². The van der Waals surface area contributed by atoms with Gasteiger partial charge in [-0.3, -0.25) is 28.9 Å². The summed E-state index contributed by atoms with van der Waals surface area (Å²) < 4.78 is 0. The smallest absolute Gasteiger partial charge is 0.303 e. The summed E-state index contributed by atoms with van der Waals surface area (Å²) in [5.74, 6) is -5.39. The third-order valence-corrected chi connectivity index (χ3v) is 11.6. The number of phenolic OH excluding ortho intramolecular Hbond substituents is 1. The topological polar surface area (TPSA) is 129 Å². The van der Waals surface area contributed by atoms with E-state index < -0.39 is 41.0 Å². The number of likely N-dealkylation sites (tertiary alicyclic amines) is 1. The van der Waals surface area contributed by atoms with Crippen LogP contribution in [0.1, 0.15) is 66.7 Å². The van der Waals surface area contributed by atoms with E-state index in [9.17, 15) is 19.5 Å². The van der Waals surface area contributed by atoms with Crippen LogP contribution in [-0.2, 0) is 35.8 Å². The molecular formula is C43H41NO7. The molecule has 1 saturated heterocycles. The van der Waals surface area contributed by atoms with Crippen molar-refractivity contribution >= 4 is 34.9 Å². The van der Waals surface area contributed by atoms with Crippen LogP contribution in [0, 0.1) is 23.7 Å². The molecule has 6 unspecified atom stereocenters. The van der Waals surface area contributed by atoms with Crippen LogP contribution in [0.5, 0.6) is 5.75 Å². The zero-order valence-electron chi connectivity index (χ0n) is 28.4. The van der Waals surface area contributed by atoms with Crippen LogP contribution in [0.4, 0.5) is 0 Å². The second-order valence-electron chi connectivity index (χ2n) is 14.2. The SMILES string of the molecule is C=CCc1cccc(C2C3=CCC4C(=O)N(CCCCCC(=O)O)C(=O)C4C3CC3C(=O)C(c4ccccc4)=CC(=O)C32c2ccccc2)c1O. The van der Waals surface area contributed by atoms with Crippen LogP contribution >= 0.6 is 0 Å². The van der Waals surface area contributed by atoms with Gasteiger partial charge in [-0.05, 0) is 60.8 Å². The number of phenols is 1. The van der Waals surface area contributed by atoms with Gasteiger partial charge in [0.1, 0.15) is 5.75 Å². The van der Waals surface area contributed by atoms with Crippen molar-refractivity contribution in [3.63, 3.8) is 0 Å². The number of nitrogens with zero attached hydrogens (tertiary/aromatic N) is 1. The molecule has 4 aliphatic rings. The Morgan fingerprint density at radius 3 is 2.31 bits per heavy atom. The highest BCUT2D eigenvalue weighted by Crippen LogP contribution is 2.64. The molecule has 3 aliphatic carbocycles. The summed E-state index contributed by atoms with van der Waals surface area (Å²) in [6.45, 7) is 4.06. The van der Waals surface area contributed by atoms with Gasteiger partial charge in [0.25, 0.3) is 0 Å². The lowest BCUT2D eigenvalue weighted by molar-refractivity contribution is -0.141. The molecular weight excluding hydrogens is 642 g/mol. The largest absolute Gasteiger partial charge is 0.507 e. The summed E-state index contributed by atoms with van der Waals surface area (Å²) in [5.41, 5.74) is 2.12. The van der Waals surface area contributed by atoms with Crippen molar-refractivity contribution in [1.82, 2.24) is 4.90 Å². The van der Waals surface area contributed by atoms with Crippen molar-refractivity contribution in [2.75, 3.05) is 6.54 Å². The molecule has 7 rings (SSSR count). The number of aliphatic carboxylic acids is 1. The monoisotopic (exact) mass is 683 g/mol. The minimum Gasteiger partial charge on any atom is -0.507 e. The van der Waals surface area contributed by atoms with Crippen LogP contribution in [0.15, 0.2) is 109 Å². The van der Waals surface area contributed by atoms with Crippen molar-refractivity contribution in [3.8, 4) is 5.75 Å². The molecule has 1 aliphatic heterocycles. The number of benzene rings is 3. The fraction of sp³-hybridized carbons (Fsp3) is 0.326. The van der Waals surface area contributed by atoms with Crippen molar-refractivity contribution in [2.45, 2.75) is 56.3 Å². The first-order valence-corrected chi connectivity index (χ1v) is 17.8. The highest BCUT2D eigenvalue weighted by atomic mass is 16.4. The highest BCUT2D eigenvalue weighted by Gasteiger charge is 2.66. The van der Waals surface area contributed by atoms with E-state index in [4.69, 9.17) is 5.11 Å². The Balaban J connectivity index is 1.40. The predicted molar refractivity (Wildman–Crippen MR) is 191 cm³/mol. The summed E-state index contributed by atoms with van der Waals surface area (Å²) in [4.78, 5) is 70.7. The second kappa shape index (κ2) is 13.7. The molecule has 2 fully saturated rings. The molecule has 51 heavy (non-hydrogen) atoms. The maximum atomic E-state index is 15.2. The van der Waals surface area contributed by atoms with Crippen molar-refractivity contribution < 1.29 is 34.2 Å². The number of hydrogen-bond donors (Lipinski definition) is 2. The number of carboxylic acids is 1. The van der Waals surface area contributed by atoms with Gasteiger partial charge in [-0.15, -0.1) is 6.58 Å². The van der Waals surface area contributed by atoms with Gasteiger partial charge in [0.05, 0.1) is 17.3 Å². The van der Waals surface area contributed by atoms with Crippen LogP contribution in [0.25, 0.3) is 5.57 Å². The maximum absolute atomic E-state index is 15.2. The number of carbonyl (C=O) groups is 5. The number of imide groups is 1. The minimum absolute atomic E-state index is 0.0232. The van der Waals surface area contributed by atoms with Gasteiger partial charge in [-0.25, -0.2) is 0 Å². The maximum Gasteiger partial charge on any atom is 0.303 e.